The number of halogens is 1. The maximum Gasteiger partial charge on any atom is 0.142 e. The topological polar surface area (TPSA) is 43.6 Å². The molecule has 2 aromatic heterocycles. The largest absolute Gasteiger partial charge is 0.290 e. The van der Waals surface area contributed by atoms with Crippen molar-refractivity contribution >= 4 is 15.9 Å². The van der Waals surface area contributed by atoms with Gasteiger partial charge in [0, 0.05) is 18.2 Å². The summed E-state index contributed by atoms with van der Waals surface area (Å²) in [6.45, 7) is 6.10. The van der Waals surface area contributed by atoms with Crippen LogP contribution in [0.5, 0.6) is 0 Å². The molecule has 0 fully saturated rings. The highest BCUT2D eigenvalue weighted by Crippen LogP contribution is 2.17. The summed E-state index contributed by atoms with van der Waals surface area (Å²) in [6.07, 6.45) is 3.70. The molecule has 0 spiro atoms. The summed E-state index contributed by atoms with van der Waals surface area (Å²) in [5, 5.41) is 0. The number of hydrogen-bond acceptors (Lipinski definition) is 3. The smallest absolute Gasteiger partial charge is 0.142 e. The van der Waals surface area contributed by atoms with Gasteiger partial charge < -0.3 is 0 Å². The molecule has 0 saturated heterocycles. The zero-order chi connectivity index (χ0) is 11.7. The van der Waals surface area contributed by atoms with Gasteiger partial charge in [-0.25, -0.2) is 15.0 Å². The third kappa shape index (κ3) is 2.29. The highest BCUT2D eigenvalue weighted by molar-refractivity contribution is 9.10. The highest BCUT2D eigenvalue weighted by atomic mass is 79.9. The van der Waals surface area contributed by atoms with Crippen LogP contribution in [0.25, 0.3) is 5.82 Å². The summed E-state index contributed by atoms with van der Waals surface area (Å²) in [4.78, 5) is 13.0. The summed E-state index contributed by atoms with van der Waals surface area (Å²) in [5.41, 5.74) is 0.973. The molecule has 0 aliphatic carbocycles. The zero-order valence-corrected chi connectivity index (χ0v) is 11.1. The van der Waals surface area contributed by atoms with Crippen molar-refractivity contribution in [3.8, 4) is 5.82 Å². The van der Waals surface area contributed by atoms with E-state index in [2.05, 4.69) is 44.7 Å². The van der Waals surface area contributed by atoms with Crippen LogP contribution < -0.4 is 0 Å². The van der Waals surface area contributed by atoms with Gasteiger partial charge in [0.25, 0.3) is 0 Å². The molecule has 2 heterocycles. The van der Waals surface area contributed by atoms with Crippen molar-refractivity contribution in [1.29, 1.82) is 0 Å². The Morgan fingerprint density at radius 2 is 2.06 bits per heavy atom. The van der Waals surface area contributed by atoms with E-state index in [0.29, 0.717) is 5.92 Å². The Morgan fingerprint density at radius 3 is 2.62 bits per heavy atom. The number of aromatic nitrogens is 4. The minimum absolute atomic E-state index is 0.306. The molecule has 0 atom stereocenters. The van der Waals surface area contributed by atoms with Crippen molar-refractivity contribution in [2.75, 3.05) is 0 Å². The number of rotatable bonds is 2. The minimum atomic E-state index is 0.306. The molecule has 0 saturated carbocycles. The van der Waals surface area contributed by atoms with E-state index in [9.17, 15) is 0 Å². The van der Waals surface area contributed by atoms with Gasteiger partial charge in [0.2, 0.25) is 0 Å². The molecule has 0 aliphatic heterocycles. The zero-order valence-electron chi connectivity index (χ0n) is 9.48. The lowest BCUT2D eigenvalue weighted by Crippen LogP contribution is -2.03. The molecule has 84 valence electrons. The average Bonchev–Trinajstić information content (AvgIpc) is 2.64. The molecule has 0 unspecified atom stereocenters. The van der Waals surface area contributed by atoms with Gasteiger partial charge >= 0.3 is 0 Å². The fraction of sp³-hybridized carbons (Fsp3) is 0.364. The Labute approximate surface area is 103 Å². The van der Waals surface area contributed by atoms with E-state index in [4.69, 9.17) is 0 Å². The van der Waals surface area contributed by atoms with E-state index in [1.54, 1.807) is 6.33 Å². The molecule has 0 aliphatic rings. The van der Waals surface area contributed by atoms with Gasteiger partial charge in [0.15, 0.2) is 0 Å². The molecule has 4 nitrogen and oxygen atoms in total. The van der Waals surface area contributed by atoms with Gasteiger partial charge in [0.05, 0.1) is 5.69 Å². The Kier molecular flexibility index (Phi) is 3.05. The van der Waals surface area contributed by atoms with E-state index in [-0.39, 0.29) is 0 Å². The van der Waals surface area contributed by atoms with Crippen LogP contribution in [0.3, 0.4) is 0 Å². The van der Waals surface area contributed by atoms with Crippen molar-refractivity contribution in [2.45, 2.75) is 26.7 Å². The second-order valence-corrected chi connectivity index (χ2v) is 4.80. The van der Waals surface area contributed by atoms with Crippen molar-refractivity contribution in [2.24, 2.45) is 0 Å². The summed E-state index contributed by atoms with van der Waals surface area (Å²) in [7, 11) is 0. The van der Waals surface area contributed by atoms with Crippen LogP contribution >= 0.6 is 15.9 Å². The quantitative estimate of drug-likeness (QED) is 0.795. The standard InChI is InChI=1S/C11H13BrN4/c1-7(2)11-14-9(12)4-10(15-11)16-5-8(3)13-6-16/h4-7H,1-3H3. The van der Waals surface area contributed by atoms with Crippen LogP contribution in [-0.2, 0) is 0 Å². The average molecular weight is 281 g/mol. The van der Waals surface area contributed by atoms with Crippen molar-refractivity contribution in [3.63, 3.8) is 0 Å². The first-order valence-corrected chi connectivity index (χ1v) is 5.91. The Hall–Kier alpha value is -1.23. The Morgan fingerprint density at radius 1 is 1.31 bits per heavy atom. The van der Waals surface area contributed by atoms with Gasteiger partial charge in [-0.2, -0.15) is 0 Å². The summed E-state index contributed by atoms with van der Waals surface area (Å²) < 4.78 is 2.70. The van der Waals surface area contributed by atoms with Gasteiger partial charge in [-0.3, -0.25) is 4.57 Å². The molecule has 2 rings (SSSR count). The second kappa shape index (κ2) is 4.33. The lowest BCUT2D eigenvalue weighted by Gasteiger charge is -2.07. The maximum atomic E-state index is 4.50. The van der Waals surface area contributed by atoms with Crippen LogP contribution in [0.1, 0.15) is 31.3 Å². The van der Waals surface area contributed by atoms with Gasteiger partial charge in [-0.05, 0) is 22.9 Å². The first-order valence-electron chi connectivity index (χ1n) is 5.11. The van der Waals surface area contributed by atoms with Crippen molar-refractivity contribution < 1.29 is 0 Å². The molecule has 0 amide bonds. The van der Waals surface area contributed by atoms with E-state index in [1.165, 1.54) is 0 Å². The molecule has 0 radical (unpaired) electrons. The molecular weight excluding hydrogens is 268 g/mol. The van der Waals surface area contributed by atoms with Gasteiger partial charge in [0.1, 0.15) is 22.6 Å². The Balaban J connectivity index is 2.49. The summed E-state index contributed by atoms with van der Waals surface area (Å²) in [6, 6.07) is 1.88. The predicted octanol–water partition coefficient (Wildman–Crippen LogP) is 2.86. The predicted molar refractivity (Wildman–Crippen MR) is 65.7 cm³/mol. The molecular formula is C11H13BrN4. The molecule has 2 aromatic rings. The van der Waals surface area contributed by atoms with Crippen LogP contribution in [0.15, 0.2) is 23.2 Å². The van der Waals surface area contributed by atoms with Crippen LogP contribution in [0.2, 0.25) is 0 Å². The normalized spacial score (nSPS) is 11.1. The van der Waals surface area contributed by atoms with Crippen LogP contribution in [0, 0.1) is 6.92 Å². The maximum absolute atomic E-state index is 4.50. The fourth-order valence-corrected chi connectivity index (χ4v) is 1.75. The number of hydrogen-bond donors (Lipinski definition) is 0. The van der Waals surface area contributed by atoms with Gasteiger partial charge in [-0.1, -0.05) is 13.8 Å². The van der Waals surface area contributed by atoms with E-state index < -0.39 is 0 Å². The third-order valence-electron chi connectivity index (χ3n) is 2.19. The third-order valence-corrected chi connectivity index (χ3v) is 2.60. The highest BCUT2D eigenvalue weighted by Gasteiger charge is 2.08. The fourth-order valence-electron chi connectivity index (χ4n) is 1.36. The lowest BCUT2D eigenvalue weighted by atomic mass is 10.2. The van der Waals surface area contributed by atoms with Gasteiger partial charge in [-0.15, -0.1) is 0 Å². The van der Waals surface area contributed by atoms with E-state index >= 15 is 0 Å². The molecule has 0 N–H and O–H groups in total. The second-order valence-electron chi connectivity index (χ2n) is 3.98. The summed E-state index contributed by atoms with van der Waals surface area (Å²) >= 11 is 3.40. The first kappa shape index (κ1) is 11.3. The lowest BCUT2D eigenvalue weighted by molar-refractivity contribution is 0.757. The molecule has 0 bridgehead atoms. The Bertz CT molecular complexity index is 504. The van der Waals surface area contributed by atoms with E-state index in [0.717, 1.165) is 21.9 Å². The summed E-state index contributed by atoms with van der Waals surface area (Å²) in [5.74, 6) is 1.97. The number of imidazole rings is 1. The van der Waals surface area contributed by atoms with Crippen LogP contribution in [-0.4, -0.2) is 19.5 Å². The SMILES string of the molecule is Cc1cn(-c2cc(Br)nc(C(C)C)n2)cn1. The monoisotopic (exact) mass is 280 g/mol. The van der Waals surface area contributed by atoms with Crippen molar-refractivity contribution in [1.82, 2.24) is 19.5 Å². The number of nitrogens with zero attached hydrogens (tertiary/aromatic N) is 4. The molecule has 5 heteroatoms. The molecule has 16 heavy (non-hydrogen) atoms. The molecule has 0 aromatic carbocycles. The van der Waals surface area contributed by atoms with Crippen molar-refractivity contribution in [3.05, 3.63) is 34.7 Å². The van der Waals surface area contributed by atoms with Crippen LogP contribution in [0.4, 0.5) is 0 Å². The first-order chi connectivity index (χ1) is 7.56. The number of aryl methyl sites for hydroxylation is 1. The van der Waals surface area contributed by atoms with E-state index in [1.807, 2.05) is 23.8 Å². The minimum Gasteiger partial charge on any atom is -0.290 e.